The molecule has 0 spiro atoms. The van der Waals surface area contributed by atoms with Crippen LogP contribution < -0.4 is 5.32 Å². The SMILES string of the molecule is COC(=O)C(Nc1ccccc1)C(=O)OC. The maximum atomic E-state index is 11.3. The number of para-hydroxylation sites is 1. The molecule has 0 saturated heterocycles. The highest BCUT2D eigenvalue weighted by atomic mass is 16.5. The minimum absolute atomic E-state index is 0.642. The number of hydrogen-bond acceptors (Lipinski definition) is 5. The van der Waals surface area contributed by atoms with Crippen molar-refractivity contribution in [1.82, 2.24) is 0 Å². The van der Waals surface area contributed by atoms with Crippen LogP contribution in [0.15, 0.2) is 30.3 Å². The third kappa shape index (κ3) is 2.98. The van der Waals surface area contributed by atoms with Crippen LogP contribution in [-0.2, 0) is 19.1 Å². The molecule has 86 valence electrons. The summed E-state index contributed by atoms with van der Waals surface area (Å²) in [7, 11) is 2.43. The van der Waals surface area contributed by atoms with Crippen LogP contribution in [0, 0.1) is 0 Å². The average molecular weight is 223 g/mol. The molecule has 0 radical (unpaired) electrons. The van der Waals surface area contributed by atoms with Crippen molar-refractivity contribution in [1.29, 1.82) is 0 Å². The highest BCUT2D eigenvalue weighted by molar-refractivity contribution is 6.01. The molecule has 1 aromatic rings. The van der Waals surface area contributed by atoms with Gasteiger partial charge in [-0.3, -0.25) is 0 Å². The standard InChI is InChI=1S/C11H13NO4/c1-15-10(13)9(11(14)16-2)12-8-6-4-3-5-7-8/h3-7,9,12H,1-2H3. The Morgan fingerprint density at radius 3 is 2.00 bits per heavy atom. The number of carbonyl (C=O) groups is 2. The van der Waals surface area contributed by atoms with Gasteiger partial charge in [0.05, 0.1) is 14.2 Å². The zero-order valence-corrected chi connectivity index (χ0v) is 9.10. The number of esters is 2. The maximum Gasteiger partial charge on any atom is 0.340 e. The van der Waals surface area contributed by atoms with Gasteiger partial charge in [0.15, 0.2) is 0 Å². The summed E-state index contributed by atoms with van der Waals surface area (Å²) in [5, 5.41) is 2.73. The zero-order chi connectivity index (χ0) is 12.0. The number of benzene rings is 1. The highest BCUT2D eigenvalue weighted by Crippen LogP contribution is 2.08. The summed E-state index contributed by atoms with van der Waals surface area (Å²) < 4.78 is 9.01. The van der Waals surface area contributed by atoms with Gasteiger partial charge in [-0.1, -0.05) is 18.2 Å². The van der Waals surface area contributed by atoms with E-state index in [2.05, 4.69) is 14.8 Å². The van der Waals surface area contributed by atoms with Gasteiger partial charge < -0.3 is 14.8 Å². The Morgan fingerprint density at radius 1 is 1.06 bits per heavy atom. The molecular weight excluding hydrogens is 210 g/mol. The van der Waals surface area contributed by atoms with Crippen molar-refractivity contribution in [3.8, 4) is 0 Å². The van der Waals surface area contributed by atoms with Crippen LogP contribution in [0.1, 0.15) is 0 Å². The van der Waals surface area contributed by atoms with Crippen LogP contribution in [0.25, 0.3) is 0 Å². The molecule has 0 saturated carbocycles. The van der Waals surface area contributed by atoms with E-state index in [1.165, 1.54) is 14.2 Å². The molecule has 0 aliphatic rings. The van der Waals surface area contributed by atoms with Crippen LogP contribution >= 0.6 is 0 Å². The number of rotatable bonds is 4. The van der Waals surface area contributed by atoms with Crippen LogP contribution in [0.5, 0.6) is 0 Å². The Hall–Kier alpha value is -2.04. The molecule has 16 heavy (non-hydrogen) atoms. The molecule has 1 rings (SSSR count). The van der Waals surface area contributed by atoms with Gasteiger partial charge in [-0.2, -0.15) is 0 Å². The molecule has 5 nitrogen and oxygen atoms in total. The third-order valence-electron chi connectivity index (χ3n) is 1.96. The number of methoxy groups -OCH3 is 2. The monoisotopic (exact) mass is 223 g/mol. The second-order valence-corrected chi connectivity index (χ2v) is 2.99. The third-order valence-corrected chi connectivity index (χ3v) is 1.96. The first-order chi connectivity index (χ1) is 7.69. The average Bonchev–Trinajstić information content (AvgIpc) is 2.35. The molecule has 0 aliphatic carbocycles. The quantitative estimate of drug-likeness (QED) is 0.604. The van der Waals surface area contributed by atoms with Crippen molar-refractivity contribution >= 4 is 17.6 Å². The molecule has 0 heterocycles. The topological polar surface area (TPSA) is 64.6 Å². The maximum absolute atomic E-state index is 11.3. The summed E-state index contributed by atoms with van der Waals surface area (Å²) in [5.74, 6) is -1.37. The first-order valence-electron chi connectivity index (χ1n) is 4.66. The van der Waals surface area contributed by atoms with Crippen molar-refractivity contribution in [2.75, 3.05) is 19.5 Å². The Labute approximate surface area is 93.4 Å². The highest BCUT2D eigenvalue weighted by Gasteiger charge is 2.28. The summed E-state index contributed by atoms with van der Waals surface area (Å²) in [6, 6.07) is 7.73. The van der Waals surface area contributed by atoms with E-state index in [1.54, 1.807) is 24.3 Å². The van der Waals surface area contributed by atoms with Crippen LogP contribution in [-0.4, -0.2) is 32.2 Å². The fourth-order valence-corrected chi connectivity index (χ4v) is 1.15. The van der Waals surface area contributed by atoms with Gasteiger partial charge in [-0.25, -0.2) is 9.59 Å². The van der Waals surface area contributed by atoms with Gasteiger partial charge in [-0.05, 0) is 12.1 Å². The van der Waals surface area contributed by atoms with E-state index in [1.807, 2.05) is 6.07 Å². The first kappa shape index (κ1) is 12.0. The van der Waals surface area contributed by atoms with E-state index in [0.717, 1.165) is 0 Å². The first-order valence-corrected chi connectivity index (χ1v) is 4.66. The van der Waals surface area contributed by atoms with Crippen molar-refractivity contribution in [3.05, 3.63) is 30.3 Å². The lowest BCUT2D eigenvalue weighted by Crippen LogP contribution is -2.39. The molecule has 0 fully saturated rings. The van der Waals surface area contributed by atoms with Crippen LogP contribution in [0.4, 0.5) is 5.69 Å². The van der Waals surface area contributed by atoms with Gasteiger partial charge in [0.25, 0.3) is 0 Å². The number of anilines is 1. The lowest BCUT2D eigenvalue weighted by molar-refractivity contribution is -0.152. The molecule has 1 aromatic carbocycles. The fourth-order valence-electron chi connectivity index (χ4n) is 1.15. The normalized spacial score (nSPS) is 9.69. The van der Waals surface area contributed by atoms with Crippen molar-refractivity contribution < 1.29 is 19.1 Å². The lowest BCUT2D eigenvalue weighted by Gasteiger charge is -2.14. The van der Waals surface area contributed by atoms with Crippen molar-refractivity contribution in [2.45, 2.75) is 6.04 Å². The summed E-state index contributed by atoms with van der Waals surface area (Å²) in [4.78, 5) is 22.7. The lowest BCUT2D eigenvalue weighted by atomic mass is 10.2. The Kier molecular flexibility index (Phi) is 4.32. The van der Waals surface area contributed by atoms with Crippen LogP contribution in [0.2, 0.25) is 0 Å². The fraction of sp³-hybridized carbons (Fsp3) is 0.273. The predicted octanol–water partition coefficient (Wildman–Crippen LogP) is 0.813. The number of hydrogen-bond donors (Lipinski definition) is 1. The second-order valence-electron chi connectivity index (χ2n) is 2.99. The Bertz CT molecular complexity index is 348. The molecule has 0 aromatic heterocycles. The van der Waals surface area contributed by atoms with Gasteiger partial charge in [0, 0.05) is 5.69 Å². The van der Waals surface area contributed by atoms with E-state index in [0.29, 0.717) is 5.69 Å². The van der Waals surface area contributed by atoms with E-state index < -0.39 is 18.0 Å². The molecule has 0 bridgehead atoms. The molecule has 5 heteroatoms. The van der Waals surface area contributed by atoms with Gasteiger partial charge in [0.1, 0.15) is 0 Å². The number of nitrogens with one attached hydrogen (secondary N) is 1. The second kappa shape index (κ2) is 5.75. The molecule has 1 N–H and O–H groups in total. The minimum atomic E-state index is -1.14. The van der Waals surface area contributed by atoms with E-state index in [9.17, 15) is 9.59 Å². The molecule has 0 aliphatic heterocycles. The Balaban J connectivity index is 2.79. The van der Waals surface area contributed by atoms with Crippen LogP contribution in [0.3, 0.4) is 0 Å². The van der Waals surface area contributed by atoms with Crippen molar-refractivity contribution in [2.24, 2.45) is 0 Å². The summed E-state index contributed by atoms with van der Waals surface area (Å²) in [5.41, 5.74) is 0.642. The van der Waals surface area contributed by atoms with Gasteiger partial charge >= 0.3 is 11.9 Å². The molecule has 0 amide bonds. The summed E-state index contributed by atoms with van der Waals surface area (Å²) in [6.07, 6.45) is 0. The molecular formula is C11H13NO4. The van der Waals surface area contributed by atoms with Crippen molar-refractivity contribution in [3.63, 3.8) is 0 Å². The Morgan fingerprint density at radius 2 is 1.56 bits per heavy atom. The van der Waals surface area contributed by atoms with Gasteiger partial charge in [0.2, 0.25) is 6.04 Å². The largest absolute Gasteiger partial charge is 0.467 e. The smallest absolute Gasteiger partial charge is 0.340 e. The number of carbonyl (C=O) groups excluding carboxylic acids is 2. The molecule has 0 atom stereocenters. The minimum Gasteiger partial charge on any atom is -0.467 e. The van der Waals surface area contributed by atoms with E-state index in [-0.39, 0.29) is 0 Å². The molecule has 0 unspecified atom stereocenters. The van der Waals surface area contributed by atoms with E-state index >= 15 is 0 Å². The summed E-state index contributed by atoms with van der Waals surface area (Å²) >= 11 is 0. The summed E-state index contributed by atoms with van der Waals surface area (Å²) in [6.45, 7) is 0. The number of ether oxygens (including phenoxy) is 2. The zero-order valence-electron chi connectivity index (χ0n) is 9.10. The van der Waals surface area contributed by atoms with E-state index in [4.69, 9.17) is 0 Å². The van der Waals surface area contributed by atoms with Gasteiger partial charge in [-0.15, -0.1) is 0 Å². The predicted molar refractivity (Wildman–Crippen MR) is 57.9 cm³/mol.